The molecular weight excluding hydrogens is 426 g/mol. The van der Waals surface area contributed by atoms with Crippen LogP contribution in [0.25, 0.3) is 0 Å². The summed E-state index contributed by atoms with van der Waals surface area (Å²) in [6.07, 6.45) is 1.03. The van der Waals surface area contributed by atoms with Gasteiger partial charge in [0.2, 0.25) is 0 Å². The molecule has 0 bridgehead atoms. The molecule has 2 aliphatic rings. The first kappa shape index (κ1) is 23.6. The van der Waals surface area contributed by atoms with Gasteiger partial charge in [0, 0.05) is 30.5 Å². The van der Waals surface area contributed by atoms with Crippen molar-refractivity contribution < 1.29 is 28.2 Å². The van der Waals surface area contributed by atoms with Crippen LogP contribution >= 0.6 is 0 Å². The summed E-state index contributed by atoms with van der Waals surface area (Å²) in [7, 11) is 1.36. The highest BCUT2D eigenvalue weighted by Gasteiger charge is 2.42. The van der Waals surface area contributed by atoms with Gasteiger partial charge >= 0.3 is 0 Å². The van der Waals surface area contributed by atoms with Crippen molar-refractivity contribution in [3.63, 3.8) is 0 Å². The molecule has 2 heterocycles. The van der Waals surface area contributed by atoms with Crippen molar-refractivity contribution in [2.45, 2.75) is 38.1 Å². The second-order valence-corrected chi connectivity index (χ2v) is 12.9. The molecule has 0 spiro atoms. The van der Waals surface area contributed by atoms with Crippen molar-refractivity contribution in [1.29, 1.82) is 5.26 Å². The molecule has 2 aliphatic heterocycles. The fourth-order valence-corrected chi connectivity index (χ4v) is 4.96. The Morgan fingerprint density at radius 3 is 2.22 bits per heavy atom. The summed E-state index contributed by atoms with van der Waals surface area (Å²) in [5.74, 6) is 2.90. The number of Topliss-reactive ketones (excluding diaryl/α,β-unsaturated/α-hetero) is 1. The molecule has 170 valence electrons. The molecule has 32 heavy (non-hydrogen) atoms. The number of nitriles is 1. The van der Waals surface area contributed by atoms with E-state index in [0.717, 1.165) is 11.3 Å². The summed E-state index contributed by atoms with van der Waals surface area (Å²) in [6.45, 7) is 7.22. The van der Waals surface area contributed by atoms with Crippen LogP contribution in [0, 0.1) is 11.3 Å². The first-order chi connectivity index (χ1) is 15.2. The molecule has 0 saturated carbocycles. The third-order valence-electron chi connectivity index (χ3n) is 5.07. The predicted molar refractivity (Wildman–Crippen MR) is 122 cm³/mol. The van der Waals surface area contributed by atoms with E-state index >= 15 is 0 Å². The number of nitrogens with zero attached hydrogens (tertiary/aromatic N) is 1. The highest BCUT2D eigenvalue weighted by atomic mass is 28.4. The maximum atomic E-state index is 11.4. The lowest BCUT2D eigenvalue weighted by Crippen LogP contribution is -2.42. The molecule has 4 rings (SSSR count). The van der Waals surface area contributed by atoms with Gasteiger partial charge in [-0.1, -0.05) is 0 Å². The molecule has 0 aliphatic carbocycles. The van der Waals surface area contributed by atoms with Crippen LogP contribution in [-0.2, 0) is 10.0 Å². The highest BCUT2D eigenvalue weighted by Crippen LogP contribution is 2.42. The van der Waals surface area contributed by atoms with Crippen molar-refractivity contribution in [3.8, 4) is 29.1 Å². The van der Waals surface area contributed by atoms with Crippen LogP contribution in [0.4, 0.5) is 0 Å². The minimum atomic E-state index is -1.84. The van der Waals surface area contributed by atoms with E-state index in [1.807, 2.05) is 18.2 Å². The third kappa shape index (κ3) is 5.23. The van der Waals surface area contributed by atoms with Gasteiger partial charge in [0.25, 0.3) is 0 Å². The molecule has 7 nitrogen and oxygen atoms in total. The lowest BCUT2D eigenvalue weighted by atomic mass is 9.89. The number of benzene rings is 2. The fraction of sp³-hybridized carbons (Fsp3) is 0.417. The largest absolute Gasteiger partial charge is 0.497 e. The van der Waals surface area contributed by atoms with Crippen LogP contribution in [0.15, 0.2) is 36.4 Å². The van der Waals surface area contributed by atoms with Crippen molar-refractivity contribution >= 4 is 14.1 Å². The average molecular weight is 456 g/mol. The zero-order valence-electron chi connectivity index (χ0n) is 19.2. The van der Waals surface area contributed by atoms with Crippen molar-refractivity contribution in [2.24, 2.45) is 0 Å². The molecule has 2 aromatic rings. The molecule has 2 aromatic carbocycles. The summed E-state index contributed by atoms with van der Waals surface area (Å²) in [4.78, 5) is 11.4. The Morgan fingerprint density at radius 1 is 0.969 bits per heavy atom. The Balaban J connectivity index is 0.000000193. The molecule has 1 atom stereocenters. The summed E-state index contributed by atoms with van der Waals surface area (Å²) in [5, 5.41) is 9.64. The second kappa shape index (κ2) is 9.63. The minimum absolute atomic E-state index is 0.143. The van der Waals surface area contributed by atoms with Crippen LogP contribution in [-0.4, -0.2) is 41.5 Å². The van der Waals surface area contributed by atoms with E-state index in [9.17, 15) is 10.1 Å². The standard InChI is InChI=1S/C14H19NO3Si.C10H10O3/c1-16-11-5-6-12-13(9-11)17-8-7-14(12,10-15)18-19(2,3)4;1-12-7-2-3-8-9(11)4-5-13-10(8)6-7/h5-6,9H,7-8H2,1-4H3;2-3,6H,4-5H2,1H3. The van der Waals surface area contributed by atoms with E-state index < -0.39 is 13.9 Å². The van der Waals surface area contributed by atoms with Gasteiger partial charge in [-0.2, -0.15) is 5.26 Å². The van der Waals surface area contributed by atoms with Gasteiger partial charge < -0.3 is 23.4 Å². The Labute approximate surface area is 189 Å². The van der Waals surface area contributed by atoms with Gasteiger partial charge in [-0.05, 0) is 43.9 Å². The minimum Gasteiger partial charge on any atom is -0.497 e. The number of rotatable bonds is 4. The number of hydrogen-bond acceptors (Lipinski definition) is 7. The number of fused-ring (bicyclic) bond motifs is 2. The molecular formula is C24H29NO6Si. The lowest BCUT2D eigenvalue weighted by Gasteiger charge is -2.37. The summed E-state index contributed by atoms with van der Waals surface area (Å²) >= 11 is 0. The van der Waals surface area contributed by atoms with Crippen LogP contribution < -0.4 is 18.9 Å². The topological polar surface area (TPSA) is 87.0 Å². The predicted octanol–water partition coefficient (Wildman–Crippen LogP) is 4.71. The number of ketones is 1. The Hall–Kier alpha value is -3.02. The van der Waals surface area contributed by atoms with E-state index in [2.05, 4.69) is 25.7 Å². The van der Waals surface area contributed by atoms with E-state index in [1.54, 1.807) is 32.4 Å². The smallest absolute Gasteiger partial charge is 0.186 e. The Bertz CT molecular complexity index is 1030. The highest BCUT2D eigenvalue weighted by molar-refractivity contribution is 6.69. The number of carbonyl (C=O) groups excluding carboxylic acids is 1. The second-order valence-electron chi connectivity index (χ2n) is 8.50. The number of methoxy groups -OCH3 is 2. The molecule has 1 unspecified atom stereocenters. The van der Waals surface area contributed by atoms with Crippen LogP contribution in [0.1, 0.15) is 28.8 Å². The Morgan fingerprint density at radius 2 is 1.59 bits per heavy atom. The van der Waals surface area contributed by atoms with Gasteiger partial charge in [-0.25, -0.2) is 0 Å². The van der Waals surface area contributed by atoms with Crippen molar-refractivity contribution in [2.75, 3.05) is 27.4 Å². The molecule has 0 fully saturated rings. The average Bonchev–Trinajstić information content (AvgIpc) is 2.78. The molecule has 0 radical (unpaired) electrons. The van der Waals surface area contributed by atoms with Crippen LogP contribution in [0.2, 0.25) is 19.6 Å². The lowest BCUT2D eigenvalue weighted by molar-refractivity contribution is 0.0662. The number of hydrogen-bond donors (Lipinski definition) is 0. The third-order valence-corrected chi connectivity index (χ3v) is 6.03. The zero-order chi connectivity index (χ0) is 23.4. The molecule has 0 N–H and O–H groups in total. The zero-order valence-corrected chi connectivity index (χ0v) is 20.2. The van der Waals surface area contributed by atoms with Gasteiger partial charge in [0.1, 0.15) is 29.1 Å². The quantitative estimate of drug-likeness (QED) is 0.617. The van der Waals surface area contributed by atoms with E-state index in [-0.39, 0.29) is 5.78 Å². The van der Waals surface area contributed by atoms with Gasteiger partial charge in [-0.15, -0.1) is 0 Å². The first-order valence-electron chi connectivity index (χ1n) is 10.5. The normalized spacial score (nSPS) is 19.1. The van der Waals surface area contributed by atoms with Crippen molar-refractivity contribution in [3.05, 3.63) is 47.5 Å². The number of ether oxygens (including phenoxy) is 4. The fourth-order valence-electron chi connectivity index (χ4n) is 3.66. The first-order valence-corrected chi connectivity index (χ1v) is 13.9. The van der Waals surface area contributed by atoms with Crippen LogP contribution in [0.5, 0.6) is 23.0 Å². The molecule has 8 heteroatoms. The summed E-state index contributed by atoms with van der Waals surface area (Å²) < 4.78 is 27.4. The maximum absolute atomic E-state index is 11.4. The monoisotopic (exact) mass is 455 g/mol. The summed E-state index contributed by atoms with van der Waals surface area (Å²) in [6, 6.07) is 13.1. The molecule has 0 amide bonds. The Kier molecular flexibility index (Phi) is 7.11. The maximum Gasteiger partial charge on any atom is 0.186 e. The van der Waals surface area contributed by atoms with Gasteiger partial charge in [0.05, 0.1) is 33.0 Å². The molecule has 0 aromatic heterocycles. The van der Waals surface area contributed by atoms with Gasteiger partial charge in [-0.3, -0.25) is 4.79 Å². The number of carbonyl (C=O) groups is 1. The van der Waals surface area contributed by atoms with Crippen LogP contribution in [0.3, 0.4) is 0 Å². The van der Waals surface area contributed by atoms with E-state index in [0.29, 0.717) is 48.9 Å². The SMILES string of the molecule is COc1ccc2c(c1)OCCC2(C#N)O[Si](C)(C)C.COc1ccc2c(c1)OCCC2=O. The summed E-state index contributed by atoms with van der Waals surface area (Å²) in [5.41, 5.74) is 0.584. The van der Waals surface area contributed by atoms with Gasteiger partial charge in [0.15, 0.2) is 19.7 Å². The molecule has 0 saturated heterocycles. The van der Waals surface area contributed by atoms with Crippen molar-refractivity contribution in [1.82, 2.24) is 0 Å². The van der Waals surface area contributed by atoms with E-state index in [1.165, 1.54) is 0 Å². The van der Waals surface area contributed by atoms with E-state index in [4.69, 9.17) is 23.4 Å².